The first-order valence-electron chi connectivity index (χ1n) is 5.63. The monoisotopic (exact) mass is 266 g/mol. The van der Waals surface area contributed by atoms with E-state index in [1.165, 1.54) is 6.26 Å². The van der Waals surface area contributed by atoms with E-state index in [1.807, 2.05) is 18.4 Å². The third kappa shape index (κ3) is 2.35. The summed E-state index contributed by atoms with van der Waals surface area (Å²) in [6.45, 7) is 4.51. The van der Waals surface area contributed by atoms with Gasteiger partial charge >= 0.3 is 0 Å². The normalized spacial score (nSPS) is 12.3. The Balaban J connectivity index is 2.15. The Morgan fingerprint density at radius 1 is 1.72 bits per heavy atom. The van der Waals surface area contributed by atoms with E-state index in [1.54, 1.807) is 12.1 Å². The first-order chi connectivity index (χ1) is 8.63. The van der Waals surface area contributed by atoms with Gasteiger partial charge in [0.1, 0.15) is 0 Å². The summed E-state index contributed by atoms with van der Waals surface area (Å²) in [7, 11) is 0. The van der Waals surface area contributed by atoms with E-state index in [0.29, 0.717) is 17.1 Å². The van der Waals surface area contributed by atoms with Crippen molar-refractivity contribution in [2.75, 3.05) is 0 Å². The maximum Gasteiger partial charge on any atom is 0.287 e. The van der Waals surface area contributed by atoms with Crippen LogP contribution in [0.3, 0.4) is 0 Å². The fourth-order valence-electron chi connectivity index (χ4n) is 1.71. The van der Waals surface area contributed by atoms with Crippen LogP contribution in [0.25, 0.3) is 0 Å². The van der Waals surface area contributed by atoms with Gasteiger partial charge < -0.3 is 14.3 Å². The van der Waals surface area contributed by atoms with E-state index in [0.717, 1.165) is 0 Å². The molecule has 1 atom stereocenters. The number of carbonyl (C=O) groups excluding carboxylic acids is 1. The number of aromatic amines is 1. The number of carbonyl (C=O) groups is 1. The largest absolute Gasteiger partial charge is 0.459 e. The van der Waals surface area contributed by atoms with E-state index in [4.69, 9.17) is 16.6 Å². The third-order valence-corrected chi connectivity index (χ3v) is 2.90. The first kappa shape index (κ1) is 12.6. The lowest BCUT2D eigenvalue weighted by atomic mass is 10.3. The lowest BCUT2D eigenvalue weighted by Gasteiger charge is -2.12. The zero-order valence-corrected chi connectivity index (χ0v) is 11.0. The molecule has 1 amide bonds. The van der Waals surface area contributed by atoms with Crippen molar-refractivity contribution in [3.63, 3.8) is 0 Å². The molecule has 0 aliphatic heterocycles. The maximum atomic E-state index is 11.8. The van der Waals surface area contributed by atoms with E-state index >= 15 is 0 Å². The standard InChI is InChI=1S/C11H14N4O2S/c1-3-15-9(13-14-11(15)18)7(2)12-10(16)8-5-4-6-17-8/h4-7H,3H2,1-2H3,(H,12,16)(H,14,18)/t7-/m1/s1. The Bertz CT molecular complexity index is 584. The van der Waals surface area contributed by atoms with Crippen molar-refractivity contribution in [2.24, 2.45) is 0 Å². The SMILES string of the molecule is CCn1c([C@@H](C)NC(=O)c2ccco2)n[nH]c1=S. The van der Waals surface area contributed by atoms with Crippen LogP contribution >= 0.6 is 12.2 Å². The Hall–Kier alpha value is -1.89. The van der Waals surface area contributed by atoms with Crippen molar-refractivity contribution in [3.05, 3.63) is 34.8 Å². The lowest BCUT2D eigenvalue weighted by Crippen LogP contribution is -2.28. The molecule has 0 saturated carbocycles. The molecule has 0 bridgehead atoms. The van der Waals surface area contributed by atoms with Crippen molar-refractivity contribution >= 4 is 18.1 Å². The molecule has 7 heteroatoms. The molecule has 2 aromatic rings. The average molecular weight is 266 g/mol. The van der Waals surface area contributed by atoms with E-state index in [-0.39, 0.29) is 17.7 Å². The molecular weight excluding hydrogens is 252 g/mol. The van der Waals surface area contributed by atoms with Crippen LogP contribution in [0.4, 0.5) is 0 Å². The molecular formula is C11H14N4O2S. The Kier molecular flexibility index (Phi) is 3.61. The number of rotatable bonds is 4. The van der Waals surface area contributed by atoms with Gasteiger partial charge in [-0.2, -0.15) is 5.10 Å². The second kappa shape index (κ2) is 5.18. The molecule has 0 aliphatic carbocycles. The molecule has 0 fully saturated rings. The van der Waals surface area contributed by atoms with Gasteiger partial charge in [0.05, 0.1) is 12.3 Å². The highest BCUT2D eigenvalue weighted by Crippen LogP contribution is 2.11. The molecule has 6 nitrogen and oxygen atoms in total. The molecule has 0 radical (unpaired) electrons. The number of aromatic nitrogens is 3. The fourth-order valence-corrected chi connectivity index (χ4v) is 1.97. The van der Waals surface area contributed by atoms with Crippen LogP contribution in [0.2, 0.25) is 0 Å². The number of hydrogen-bond donors (Lipinski definition) is 2. The van der Waals surface area contributed by atoms with Crippen LogP contribution in [0, 0.1) is 4.77 Å². The van der Waals surface area contributed by atoms with Gasteiger partial charge in [-0.25, -0.2) is 0 Å². The predicted octanol–water partition coefficient (Wildman–Crippen LogP) is 2.04. The number of amides is 1. The number of hydrogen-bond acceptors (Lipinski definition) is 4. The minimum atomic E-state index is -0.274. The van der Waals surface area contributed by atoms with Gasteiger partial charge in [-0.15, -0.1) is 0 Å². The van der Waals surface area contributed by atoms with Gasteiger partial charge in [-0.3, -0.25) is 9.89 Å². The predicted molar refractivity (Wildman–Crippen MR) is 67.7 cm³/mol. The van der Waals surface area contributed by atoms with E-state index in [2.05, 4.69) is 15.5 Å². The summed E-state index contributed by atoms with van der Waals surface area (Å²) in [5.74, 6) is 0.700. The molecule has 18 heavy (non-hydrogen) atoms. The van der Waals surface area contributed by atoms with Gasteiger partial charge in [0.2, 0.25) is 0 Å². The van der Waals surface area contributed by atoms with Crippen molar-refractivity contribution in [3.8, 4) is 0 Å². The summed E-state index contributed by atoms with van der Waals surface area (Å²) in [6.07, 6.45) is 1.46. The Morgan fingerprint density at radius 2 is 2.50 bits per heavy atom. The summed E-state index contributed by atoms with van der Waals surface area (Å²) < 4.78 is 7.41. The van der Waals surface area contributed by atoms with Crippen LogP contribution < -0.4 is 5.32 Å². The molecule has 2 rings (SSSR count). The quantitative estimate of drug-likeness (QED) is 0.830. The number of nitrogens with one attached hydrogen (secondary N) is 2. The molecule has 2 aromatic heterocycles. The molecule has 2 heterocycles. The summed E-state index contributed by atoms with van der Waals surface area (Å²) in [6, 6.07) is 3.02. The van der Waals surface area contributed by atoms with Crippen molar-refractivity contribution < 1.29 is 9.21 Å². The molecule has 0 saturated heterocycles. The van der Waals surface area contributed by atoms with Crippen LogP contribution in [-0.4, -0.2) is 20.7 Å². The number of nitrogens with zero attached hydrogens (tertiary/aromatic N) is 2. The summed E-state index contributed by atoms with van der Waals surface area (Å²) in [4.78, 5) is 11.8. The zero-order valence-electron chi connectivity index (χ0n) is 10.1. The Morgan fingerprint density at radius 3 is 3.11 bits per heavy atom. The van der Waals surface area contributed by atoms with Gasteiger partial charge in [0, 0.05) is 6.54 Å². The van der Waals surface area contributed by atoms with E-state index < -0.39 is 0 Å². The molecule has 0 aliphatic rings. The van der Waals surface area contributed by atoms with Gasteiger partial charge in [0.15, 0.2) is 16.4 Å². The molecule has 0 unspecified atom stereocenters. The lowest BCUT2D eigenvalue weighted by molar-refractivity contribution is 0.0909. The molecule has 0 aromatic carbocycles. The highest BCUT2D eigenvalue weighted by molar-refractivity contribution is 7.71. The molecule has 96 valence electrons. The topological polar surface area (TPSA) is 75.8 Å². The summed E-state index contributed by atoms with van der Waals surface area (Å²) >= 11 is 5.10. The third-order valence-electron chi connectivity index (χ3n) is 2.58. The van der Waals surface area contributed by atoms with E-state index in [9.17, 15) is 4.79 Å². The van der Waals surface area contributed by atoms with Crippen molar-refractivity contribution in [2.45, 2.75) is 26.4 Å². The average Bonchev–Trinajstić information content (AvgIpc) is 2.97. The fraction of sp³-hybridized carbons (Fsp3) is 0.364. The second-order valence-electron chi connectivity index (χ2n) is 3.80. The van der Waals surface area contributed by atoms with Crippen molar-refractivity contribution in [1.82, 2.24) is 20.1 Å². The zero-order chi connectivity index (χ0) is 13.1. The summed E-state index contributed by atoms with van der Waals surface area (Å²) in [5.41, 5.74) is 0. The smallest absolute Gasteiger partial charge is 0.287 e. The second-order valence-corrected chi connectivity index (χ2v) is 4.19. The van der Waals surface area contributed by atoms with Gasteiger partial charge in [-0.1, -0.05) is 0 Å². The minimum absolute atomic E-state index is 0.254. The Labute approximate surface area is 109 Å². The molecule has 0 spiro atoms. The van der Waals surface area contributed by atoms with Crippen LogP contribution in [0.5, 0.6) is 0 Å². The number of H-pyrrole nitrogens is 1. The van der Waals surface area contributed by atoms with Crippen LogP contribution in [0.1, 0.15) is 36.3 Å². The minimum Gasteiger partial charge on any atom is -0.459 e. The number of furan rings is 1. The van der Waals surface area contributed by atoms with Crippen LogP contribution in [-0.2, 0) is 6.54 Å². The summed E-state index contributed by atoms with van der Waals surface area (Å²) in [5, 5.41) is 9.64. The molecule has 2 N–H and O–H groups in total. The highest BCUT2D eigenvalue weighted by Gasteiger charge is 2.17. The highest BCUT2D eigenvalue weighted by atomic mass is 32.1. The van der Waals surface area contributed by atoms with Gasteiger partial charge in [-0.05, 0) is 38.2 Å². The van der Waals surface area contributed by atoms with Crippen molar-refractivity contribution in [1.29, 1.82) is 0 Å². The van der Waals surface area contributed by atoms with Gasteiger partial charge in [0.25, 0.3) is 5.91 Å². The first-order valence-corrected chi connectivity index (χ1v) is 6.03. The van der Waals surface area contributed by atoms with Crippen LogP contribution in [0.15, 0.2) is 22.8 Å². The maximum absolute atomic E-state index is 11.8.